The molecule has 0 amide bonds. The third-order valence-electron chi connectivity index (χ3n) is 3.31. The number of pyridine rings is 1. The summed E-state index contributed by atoms with van der Waals surface area (Å²) in [6.45, 7) is 3.93. The van der Waals surface area contributed by atoms with Gasteiger partial charge in [-0.25, -0.2) is 4.98 Å². The molecule has 0 aromatic carbocycles. The van der Waals surface area contributed by atoms with E-state index in [0.717, 1.165) is 31.9 Å². The lowest BCUT2D eigenvalue weighted by molar-refractivity contribution is 0.169. The molecule has 2 rings (SSSR count). The second kappa shape index (κ2) is 5.98. The summed E-state index contributed by atoms with van der Waals surface area (Å²) in [6.07, 6.45) is 2.50. The molecule has 1 aromatic heterocycles. The van der Waals surface area contributed by atoms with E-state index >= 15 is 0 Å². The third kappa shape index (κ3) is 3.41. The van der Waals surface area contributed by atoms with Crippen molar-refractivity contribution in [3.8, 4) is 5.88 Å². The Labute approximate surface area is 103 Å². The van der Waals surface area contributed by atoms with Gasteiger partial charge in [-0.15, -0.1) is 0 Å². The van der Waals surface area contributed by atoms with Crippen LogP contribution in [0.3, 0.4) is 0 Å². The van der Waals surface area contributed by atoms with Gasteiger partial charge in [0.15, 0.2) is 0 Å². The Kier molecular flexibility index (Phi) is 4.34. The Bertz CT molecular complexity index is 356. The van der Waals surface area contributed by atoms with Crippen molar-refractivity contribution in [3.05, 3.63) is 23.9 Å². The first-order valence-corrected chi connectivity index (χ1v) is 6.24. The molecule has 1 saturated heterocycles. The van der Waals surface area contributed by atoms with Crippen molar-refractivity contribution in [2.75, 3.05) is 26.7 Å². The predicted molar refractivity (Wildman–Crippen MR) is 67.8 cm³/mol. The van der Waals surface area contributed by atoms with Crippen molar-refractivity contribution in [2.24, 2.45) is 11.7 Å². The van der Waals surface area contributed by atoms with Crippen LogP contribution in [-0.2, 0) is 6.54 Å². The van der Waals surface area contributed by atoms with E-state index in [1.807, 2.05) is 12.1 Å². The van der Waals surface area contributed by atoms with E-state index in [0.29, 0.717) is 11.8 Å². The van der Waals surface area contributed by atoms with Gasteiger partial charge in [0.25, 0.3) is 0 Å². The predicted octanol–water partition coefficient (Wildman–Crippen LogP) is 1.26. The van der Waals surface area contributed by atoms with Gasteiger partial charge in [0.2, 0.25) is 5.88 Å². The summed E-state index contributed by atoms with van der Waals surface area (Å²) in [5.41, 5.74) is 6.81. The number of methoxy groups -OCH3 is 1. The first kappa shape index (κ1) is 12.3. The highest BCUT2D eigenvalue weighted by Crippen LogP contribution is 2.17. The zero-order valence-corrected chi connectivity index (χ0v) is 10.4. The largest absolute Gasteiger partial charge is 0.481 e. The third-order valence-corrected chi connectivity index (χ3v) is 3.31. The van der Waals surface area contributed by atoms with E-state index in [4.69, 9.17) is 10.5 Å². The number of aromatic nitrogens is 1. The van der Waals surface area contributed by atoms with Gasteiger partial charge in [-0.3, -0.25) is 4.90 Å². The van der Waals surface area contributed by atoms with Crippen molar-refractivity contribution in [2.45, 2.75) is 19.4 Å². The molecule has 1 atom stereocenters. The van der Waals surface area contributed by atoms with E-state index in [9.17, 15) is 0 Å². The maximum absolute atomic E-state index is 5.74. The van der Waals surface area contributed by atoms with Crippen molar-refractivity contribution in [1.29, 1.82) is 0 Å². The van der Waals surface area contributed by atoms with Crippen LogP contribution in [0.2, 0.25) is 0 Å². The highest BCUT2D eigenvalue weighted by atomic mass is 16.5. The number of ether oxygens (including phenoxy) is 1. The zero-order chi connectivity index (χ0) is 12.1. The fourth-order valence-corrected chi connectivity index (χ4v) is 2.38. The minimum atomic E-state index is 0.648. The average molecular weight is 235 g/mol. The van der Waals surface area contributed by atoms with Crippen LogP contribution in [0, 0.1) is 5.92 Å². The molecule has 4 nitrogen and oxygen atoms in total. The minimum absolute atomic E-state index is 0.648. The van der Waals surface area contributed by atoms with Gasteiger partial charge in [0.05, 0.1) is 12.8 Å². The molecule has 0 spiro atoms. The van der Waals surface area contributed by atoms with Crippen molar-refractivity contribution in [3.63, 3.8) is 0 Å². The van der Waals surface area contributed by atoms with E-state index < -0.39 is 0 Å². The Morgan fingerprint density at radius 3 is 3.18 bits per heavy atom. The summed E-state index contributed by atoms with van der Waals surface area (Å²) in [4.78, 5) is 6.87. The number of piperidine rings is 1. The molecular weight excluding hydrogens is 214 g/mol. The molecule has 2 heterocycles. The van der Waals surface area contributed by atoms with Gasteiger partial charge < -0.3 is 10.5 Å². The lowest BCUT2D eigenvalue weighted by Gasteiger charge is -2.31. The molecule has 1 aliphatic rings. The van der Waals surface area contributed by atoms with Crippen LogP contribution in [0.5, 0.6) is 5.88 Å². The zero-order valence-electron chi connectivity index (χ0n) is 10.4. The first-order valence-electron chi connectivity index (χ1n) is 6.24. The smallest absolute Gasteiger partial charge is 0.213 e. The number of nitrogens with two attached hydrogens (primary N) is 1. The molecule has 2 N–H and O–H groups in total. The molecule has 0 radical (unpaired) electrons. The molecule has 4 heteroatoms. The van der Waals surface area contributed by atoms with E-state index in [1.165, 1.54) is 12.8 Å². The molecule has 17 heavy (non-hydrogen) atoms. The van der Waals surface area contributed by atoms with Gasteiger partial charge in [-0.1, -0.05) is 6.07 Å². The average Bonchev–Trinajstić information content (AvgIpc) is 2.39. The standard InChI is InChI=1S/C13H21N3O/c1-17-13-6-2-5-12(15-13)10-16-7-3-4-11(8-14)9-16/h2,5-6,11H,3-4,7-10,14H2,1H3. The quantitative estimate of drug-likeness (QED) is 0.853. The number of nitrogens with zero attached hydrogens (tertiary/aromatic N) is 2. The van der Waals surface area contributed by atoms with Crippen LogP contribution in [0.25, 0.3) is 0 Å². The van der Waals surface area contributed by atoms with Gasteiger partial charge in [-0.05, 0) is 37.9 Å². The number of hydrogen-bond acceptors (Lipinski definition) is 4. The maximum Gasteiger partial charge on any atom is 0.213 e. The highest BCUT2D eigenvalue weighted by molar-refractivity contribution is 5.15. The van der Waals surface area contributed by atoms with Crippen LogP contribution in [0.15, 0.2) is 18.2 Å². The summed E-state index contributed by atoms with van der Waals surface area (Å²) >= 11 is 0. The summed E-state index contributed by atoms with van der Waals surface area (Å²) in [6, 6.07) is 5.92. The number of hydrogen-bond donors (Lipinski definition) is 1. The molecule has 0 saturated carbocycles. The van der Waals surface area contributed by atoms with E-state index in [2.05, 4.69) is 16.0 Å². The Balaban J connectivity index is 1.95. The minimum Gasteiger partial charge on any atom is -0.481 e. The Hall–Kier alpha value is -1.13. The van der Waals surface area contributed by atoms with Crippen LogP contribution < -0.4 is 10.5 Å². The van der Waals surface area contributed by atoms with Crippen molar-refractivity contribution < 1.29 is 4.74 Å². The van der Waals surface area contributed by atoms with Crippen LogP contribution in [0.1, 0.15) is 18.5 Å². The van der Waals surface area contributed by atoms with Gasteiger partial charge in [-0.2, -0.15) is 0 Å². The van der Waals surface area contributed by atoms with Gasteiger partial charge in [0.1, 0.15) is 0 Å². The van der Waals surface area contributed by atoms with Crippen molar-refractivity contribution >= 4 is 0 Å². The molecule has 1 aliphatic heterocycles. The summed E-state index contributed by atoms with van der Waals surface area (Å²) < 4.78 is 5.14. The van der Waals surface area contributed by atoms with E-state index in [1.54, 1.807) is 7.11 Å². The molecule has 0 aliphatic carbocycles. The Morgan fingerprint density at radius 2 is 2.41 bits per heavy atom. The number of rotatable bonds is 4. The topological polar surface area (TPSA) is 51.4 Å². The fourth-order valence-electron chi connectivity index (χ4n) is 2.38. The molecule has 1 unspecified atom stereocenters. The van der Waals surface area contributed by atoms with Crippen LogP contribution in [0.4, 0.5) is 0 Å². The monoisotopic (exact) mass is 235 g/mol. The lowest BCUT2D eigenvalue weighted by Crippen LogP contribution is -2.38. The summed E-state index contributed by atoms with van der Waals surface area (Å²) in [5.74, 6) is 1.34. The first-order chi connectivity index (χ1) is 8.31. The Morgan fingerprint density at radius 1 is 1.53 bits per heavy atom. The van der Waals surface area contributed by atoms with Crippen LogP contribution in [-0.4, -0.2) is 36.6 Å². The highest BCUT2D eigenvalue weighted by Gasteiger charge is 2.18. The van der Waals surface area contributed by atoms with Crippen LogP contribution >= 0.6 is 0 Å². The molecule has 1 aromatic rings. The summed E-state index contributed by atoms with van der Waals surface area (Å²) in [5, 5.41) is 0. The SMILES string of the molecule is COc1cccc(CN2CCCC(CN)C2)n1. The molecule has 94 valence electrons. The van der Waals surface area contributed by atoms with E-state index in [-0.39, 0.29) is 0 Å². The molecule has 1 fully saturated rings. The molecule has 0 bridgehead atoms. The van der Waals surface area contributed by atoms with Crippen molar-refractivity contribution in [1.82, 2.24) is 9.88 Å². The second-order valence-electron chi connectivity index (χ2n) is 4.65. The van der Waals surface area contributed by atoms with Gasteiger partial charge >= 0.3 is 0 Å². The second-order valence-corrected chi connectivity index (χ2v) is 4.65. The number of likely N-dealkylation sites (tertiary alicyclic amines) is 1. The summed E-state index contributed by atoms with van der Waals surface area (Å²) in [7, 11) is 1.65. The van der Waals surface area contributed by atoms with Gasteiger partial charge in [0, 0.05) is 19.2 Å². The molecular formula is C13H21N3O. The normalized spacial score (nSPS) is 21.4. The lowest BCUT2D eigenvalue weighted by atomic mass is 9.98. The fraction of sp³-hybridized carbons (Fsp3) is 0.615. The maximum atomic E-state index is 5.74.